The first-order chi connectivity index (χ1) is 9.71. The number of rotatable bonds is 9. The molecule has 0 fully saturated rings. The zero-order valence-corrected chi connectivity index (χ0v) is 12.7. The van der Waals surface area contributed by atoms with Crippen LogP contribution in [-0.4, -0.2) is 39.6 Å². The van der Waals surface area contributed by atoms with Gasteiger partial charge in [0.05, 0.1) is 21.3 Å². The van der Waals surface area contributed by atoms with E-state index in [1.54, 1.807) is 21.3 Å². The molecule has 20 heavy (non-hydrogen) atoms. The van der Waals surface area contributed by atoms with Crippen molar-refractivity contribution in [3.8, 4) is 17.2 Å². The monoisotopic (exact) mass is 283 g/mol. The lowest BCUT2D eigenvalue weighted by Gasteiger charge is -2.21. The van der Waals surface area contributed by atoms with Crippen molar-refractivity contribution in [2.24, 2.45) is 0 Å². The molecule has 1 unspecified atom stereocenters. The van der Waals surface area contributed by atoms with Crippen molar-refractivity contribution in [2.45, 2.75) is 25.8 Å². The van der Waals surface area contributed by atoms with Gasteiger partial charge in [-0.2, -0.15) is 0 Å². The molecule has 2 N–H and O–H groups in total. The second-order valence-corrected chi connectivity index (χ2v) is 4.48. The van der Waals surface area contributed by atoms with E-state index >= 15 is 0 Å². The van der Waals surface area contributed by atoms with E-state index in [0.29, 0.717) is 23.7 Å². The van der Waals surface area contributed by atoms with Gasteiger partial charge in [0.2, 0.25) is 5.75 Å². The maximum Gasteiger partial charge on any atom is 0.203 e. The van der Waals surface area contributed by atoms with Crippen molar-refractivity contribution in [1.29, 1.82) is 0 Å². The quantitative estimate of drug-likeness (QED) is 0.727. The molecular formula is C15H25NO4. The van der Waals surface area contributed by atoms with Crippen molar-refractivity contribution in [1.82, 2.24) is 5.32 Å². The van der Waals surface area contributed by atoms with Crippen molar-refractivity contribution in [2.75, 3.05) is 34.5 Å². The van der Waals surface area contributed by atoms with E-state index in [0.717, 1.165) is 18.5 Å². The Labute approximate surface area is 120 Å². The van der Waals surface area contributed by atoms with E-state index in [1.165, 1.54) is 0 Å². The molecule has 0 spiro atoms. The summed E-state index contributed by atoms with van der Waals surface area (Å²) in [5.74, 6) is 1.84. The van der Waals surface area contributed by atoms with Gasteiger partial charge < -0.3 is 24.6 Å². The lowest BCUT2D eigenvalue weighted by molar-refractivity contribution is 0.264. The van der Waals surface area contributed by atoms with E-state index in [-0.39, 0.29) is 12.6 Å². The summed E-state index contributed by atoms with van der Waals surface area (Å²) in [6.07, 6.45) is 1.67. The SMILES string of the molecule is CCCNC(CCO)c1cc(OC)c(OC)c(OC)c1. The van der Waals surface area contributed by atoms with Crippen LogP contribution in [0.3, 0.4) is 0 Å². The summed E-state index contributed by atoms with van der Waals surface area (Å²) in [5.41, 5.74) is 1.02. The van der Waals surface area contributed by atoms with Crippen LogP contribution in [0.15, 0.2) is 12.1 Å². The van der Waals surface area contributed by atoms with Gasteiger partial charge in [0.15, 0.2) is 11.5 Å². The van der Waals surface area contributed by atoms with Crippen molar-refractivity contribution in [3.05, 3.63) is 17.7 Å². The summed E-state index contributed by atoms with van der Waals surface area (Å²) in [4.78, 5) is 0. The summed E-state index contributed by atoms with van der Waals surface area (Å²) < 4.78 is 16.0. The van der Waals surface area contributed by atoms with Crippen LogP contribution in [0, 0.1) is 0 Å². The van der Waals surface area contributed by atoms with Crippen LogP contribution in [0.2, 0.25) is 0 Å². The Kier molecular flexibility index (Phi) is 7.18. The molecule has 1 aromatic rings. The summed E-state index contributed by atoms with van der Waals surface area (Å²) >= 11 is 0. The maximum atomic E-state index is 9.22. The molecule has 1 aromatic carbocycles. The van der Waals surface area contributed by atoms with Crippen molar-refractivity contribution in [3.63, 3.8) is 0 Å². The number of hydrogen-bond acceptors (Lipinski definition) is 5. The normalized spacial score (nSPS) is 12.1. The van der Waals surface area contributed by atoms with Crippen LogP contribution in [-0.2, 0) is 0 Å². The highest BCUT2D eigenvalue weighted by atomic mass is 16.5. The van der Waals surface area contributed by atoms with E-state index in [9.17, 15) is 5.11 Å². The summed E-state index contributed by atoms with van der Waals surface area (Å²) in [7, 11) is 4.78. The smallest absolute Gasteiger partial charge is 0.203 e. The fraction of sp³-hybridized carbons (Fsp3) is 0.600. The van der Waals surface area contributed by atoms with Gasteiger partial charge in [-0.15, -0.1) is 0 Å². The van der Waals surface area contributed by atoms with Crippen LogP contribution in [0.5, 0.6) is 17.2 Å². The molecule has 0 aliphatic rings. The molecule has 0 heterocycles. The zero-order chi connectivity index (χ0) is 15.0. The van der Waals surface area contributed by atoms with E-state index in [4.69, 9.17) is 14.2 Å². The third-order valence-electron chi connectivity index (χ3n) is 3.15. The van der Waals surface area contributed by atoms with Gasteiger partial charge in [0.1, 0.15) is 0 Å². The van der Waals surface area contributed by atoms with Crippen LogP contribution >= 0.6 is 0 Å². The molecule has 5 nitrogen and oxygen atoms in total. The Morgan fingerprint density at radius 3 is 2.10 bits per heavy atom. The topological polar surface area (TPSA) is 60.0 Å². The number of hydrogen-bond donors (Lipinski definition) is 2. The lowest BCUT2D eigenvalue weighted by atomic mass is 10.0. The zero-order valence-electron chi connectivity index (χ0n) is 12.7. The minimum atomic E-state index is 0.0636. The minimum Gasteiger partial charge on any atom is -0.493 e. The van der Waals surface area contributed by atoms with Crippen LogP contribution in [0.4, 0.5) is 0 Å². The lowest BCUT2D eigenvalue weighted by Crippen LogP contribution is -2.23. The van der Waals surface area contributed by atoms with E-state index < -0.39 is 0 Å². The van der Waals surface area contributed by atoms with Gasteiger partial charge in [-0.25, -0.2) is 0 Å². The molecule has 0 aliphatic heterocycles. The molecule has 1 atom stereocenters. The first-order valence-corrected chi connectivity index (χ1v) is 6.85. The minimum absolute atomic E-state index is 0.0636. The fourth-order valence-electron chi connectivity index (χ4n) is 2.14. The van der Waals surface area contributed by atoms with Crippen molar-refractivity contribution < 1.29 is 19.3 Å². The average Bonchev–Trinajstić information content (AvgIpc) is 2.49. The Balaban J connectivity index is 3.13. The molecule has 0 bridgehead atoms. The molecule has 0 saturated heterocycles. The molecule has 0 amide bonds. The summed E-state index contributed by atoms with van der Waals surface area (Å²) in [6, 6.07) is 3.91. The highest BCUT2D eigenvalue weighted by Crippen LogP contribution is 2.40. The van der Waals surface area contributed by atoms with Gasteiger partial charge in [0, 0.05) is 12.6 Å². The Morgan fingerprint density at radius 2 is 1.70 bits per heavy atom. The van der Waals surface area contributed by atoms with Gasteiger partial charge in [-0.05, 0) is 37.1 Å². The molecular weight excluding hydrogens is 258 g/mol. The Bertz CT molecular complexity index is 384. The highest BCUT2D eigenvalue weighted by molar-refractivity contribution is 5.54. The fourth-order valence-corrected chi connectivity index (χ4v) is 2.14. The molecule has 1 rings (SSSR count). The average molecular weight is 283 g/mol. The van der Waals surface area contributed by atoms with Crippen molar-refractivity contribution >= 4 is 0 Å². The number of nitrogens with one attached hydrogen (secondary N) is 1. The summed E-state index contributed by atoms with van der Waals surface area (Å²) in [5, 5.41) is 12.6. The second-order valence-electron chi connectivity index (χ2n) is 4.48. The van der Waals surface area contributed by atoms with E-state index in [2.05, 4.69) is 12.2 Å². The largest absolute Gasteiger partial charge is 0.493 e. The first-order valence-electron chi connectivity index (χ1n) is 6.85. The van der Waals surface area contributed by atoms with Gasteiger partial charge in [-0.3, -0.25) is 0 Å². The third kappa shape index (κ3) is 4.02. The number of methoxy groups -OCH3 is 3. The third-order valence-corrected chi connectivity index (χ3v) is 3.15. The second kappa shape index (κ2) is 8.66. The molecule has 114 valence electrons. The molecule has 0 saturated carbocycles. The number of aliphatic hydroxyl groups excluding tert-OH is 1. The predicted molar refractivity (Wildman–Crippen MR) is 78.8 cm³/mol. The predicted octanol–water partition coefficient (Wildman–Crippen LogP) is 2.14. The van der Waals surface area contributed by atoms with Crippen LogP contribution in [0.1, 0.15) is 31.4 Å². The Morgan fingerprint density at radius 1 is 1.10 bits per heavy atom. The molecule has 0 aliphatic carbocycles. The van der Waals surface area contributed by atoms with Gasteiger partial charge in [0.25, 0.3) is 0 Å². The summed E-state index contributed by atoms with van der Waals surface area (Å²) in [6.45, 7) is 3.12. The highest BCUT2D eigenvalue weighted by Gasteiger charge is 2.18. The molecule has 0 radical (unpaired) electrons. The maximum absolute atomic E-state index is 9.22. The number of aliphatic hydroxyl groups is 1. The number of ether oxygens (including phenoxy) is 3. The van der Waals surface area contributed by atoms with Gasteiger partial charge >= 0.3 is 0 Å². The molecule has 0 aromatic heterocycles. The standard InChI is InChI=1S/C15H25NO4/c1-5-7-16-12(6-8-17)11-9-13(18-2)15(20-4)14(10-11)19-3/h9-10,12,16-17H,5-8H2,1-4H3. The first kappa shape index (κ1) is 16.6. The van der Waals surface area contributed by atoms with Gasteiger partial charge in [-0.1, -0.05) is 6.92 Å². The van der Waals surface area contributed by atoms with Crippen LogP contribution < -0.4 is 19.5 Å². The Hall–Kier alpha value is -1.46. The molecule has 5 heteroatoms. The van der Waals surface area contributed by atoms with E-state index in [1.807, 2.05) is 12.1 Å². The van der Waals surface area contributed by atoms with Crippen LogP contribution in [0.25, 0.3) is 0 Å². The number of benzene rings is 1.